The lowest BCUT2D eigenvalue weighted by Gasteiger charge is -2.50. The lowest BCUT2D eigenvalue weighted by Crippen LogP contribution is -2.50. The third-order valence-electron chi connectivity index (χ3n) is 7.13. The van der Waals surface area contributed by atoms with Gasteiger partial charge in [-0.05, 0) is 54.0 Å². The molecule has 4 heteroatoms. The normalized spacial score (nSPS) is 25.1. The molecular weight excluding hydrogens is 407 g/mol. The van der Waals surface area contributed by atoms with E-state index in [-0.39, 0.29) is 12.0 Å². The first-order chi connectivity index (χ1) is 15.4. The molecule has 170 valence electrons. The van der Waals surface area contributed by atoms with Crippen LogP contribution in [0.4, 0.5) is 18.9 Å². The van der Waals surface area contributed by atoms with Gasteiger partial charge in [-0.3, -0.25) is 0 Å². The Kier molecular flexibility index (Phi) is 6.78. The topological polar surface area (TPSA) is 3.24 Å². The Hall–Kier alpha value is -2.49. The van der Waals surface area contributed by atoms with Crippen molar-refractivity contribution in [3.8, 4) is 0 Å². The second-order valence-corrected chi connectivity index (χ2v) is 9.18. The van der Waals surface area contributed by atoms with Crippen molar-refractivity contribution < 1.29 is 13.2 Å². The van der Waals surface area contributed by atoms with Gasteiger partial charge < -0.3 is 4.90 Å². The average molecular weight is 440 g/mol. The first kappa shape index (κ1) is 22.7. The summed E-state index contributed by atoms with van der Waals surface area (Å²) in [5.74, 6) is 0.731. The van der Waals surface area contributed by atoms with E-state index in [2.05, 4.69) is 55.2 Å². The minimum atomic E-state index is -4.33. The molecule has 1 unspecified atom stereocenters. The number of halogens is 3. The highest BCUT2D eigenvalue weighted by Gasteiger charge is 2.43. The van der Waals surface area contributed by atoms with Crippen LogP contribution in [0.1, 0.15) is 62.1 Å². The SMILES string of the molecule is CCCC[C@@H]1[C@H](C)c2cc(C(F)(F)F)ccc2N(Cc2ccccc2)[C@H]1C1C=CC=CC1. The maximum absolute atomic E-state index is 13.6. The maximum Gasteiger partial charge on any atom is 0.416 e. The molecule has 4 rings (SSSR count). The molecule has 0 N–H and O–H groups in total. The van der Waals surface area contributed by atoms with Gasteiger partial charge in [-0.15, -0.1) is 0 Å². The predicted octanol–water partition coefficient (Wildman–Crippen LogP) is 8.14. The van der Waals surface area contributed by atoms with Crippen LogP contribution >= 0.6 is 0 Å². The number of fused-ring (bicyclic) bond motifs is 1. The van der Waals surface area contributed by atoms with Crippen LogP contribution in [-0.2, 0) is 12.7 Å². The Labute approximate surface area is 189 Å². The summed E-state index contributed by atoms with van der Waals surface area (Å²) in [5.41, 5.74) is 2.43. The molecule has 0 amide bonds. The van der Waals surface area contributed by atoms with Crippen LogP contribution in [0.15, 0.2) is 72.8 Å². The molecule has 1 aliphatic carbocycles. The Morgan fingerprint density at radius 1 is 1.03 bits per heavy atom. The summed E-state index contributed by atoms with van der Waals surface area (Å²) >= 11 is 0. The van der Waals surface area contributed by atoms with Gasteiger partial charge >= 0.3 is 6.18 Å². The summed E-state index contributed by atoms with van der Waals surface area (Å²) in [7, 11) is 0. The maximum atomic E-state index is 13.6. The van der Waals surface area contributed by atoms with Crippen molar-refractivity contribution in [1.29, 1.82) is 0 Å². The van der Waals surface area contributed by atoms with E-state index in [1.165, 1.54) is 17.7 Å². The predicted molar refractivity (Wildman–Crippen MR) is 126 cm³/mol. The van der Waals surface area contributed by atoms with Gasteiger partial charge in [0.05, 0.1) is 5.56 Å². The first-order valence-electron chi connectivity index (χ1n) is 11.7. The van der Waals surface area contributed by atoms with Crippen molar-refractivity contribution in [2.24, 2.45) is 11.8 Å². The molecular formula is C28H32F3N. The van der Waals surface area contributed by atoms with E-state index in [0.717, 1.165) is 36.9 Å². The van der Waals surface area contributed by atoms with Crippen molar-refractivity contribution in [2.75, 3.05) is 4.90 Å². The highest BCUT2D eigenvalue weighted by atomic mass is 19.4. The number of hydrogen-bond acceptors (Lipinski definition) is 1. The summed E-state index contributed by atoms with van der Waals surface area (Å²) in [4.78, 5) is 2.40. The fourth-order valence-corrected chi connectivity index (χ4v) is 5.51. The summed E-state index contributed by atoms with van der Waals surface area (Å²) in [5, 5.41) is 0. The number of allylic oxidation sites excluding steroid dienone is 3. The summed E-state index contributed by atoms with van der Waals surface area (Å²) < 4.78 is 40.7. The van der Waals surface area contributed by atoms with E-state index >= 15 is 0 Å². The van der Waals surface area contributed by atoms with Crippen molar-refractivity contribution in [2.45, 2.75) is 64.2 Å². The smallest absolute Gasteiger partial charge is 0.363 e. The summed E-state index contributed by atoms with van der Waals surface area (Å²) in [6, 6.07) is 14.9. The molecule has 0 fully saturated rings. The standard InChI is InChI=1S/C28H32F3N/c1-3-4-15-24-20(2)25-18-23(28(29,30)31)16-17-26(25)32(19-21-11-7-5-8-12-21)27(24)22-13-9-6-10-14-22/h5-13,16-18,20,22,24,27H,3-4,14-15,19H2,1-2H3/t20-,22?,24+,27-/m0/s1. The number of rotatable bonds is 6. The molecule has 2 aromatic carbocycles. The van der Waals surface area contributed by atoms with Gasteiger partial charge in [0.1, 0.15) is 0 Å². The molecule has 0 spiro atoms. The van der Waals surface area contributed by atoms with E-state index < -0.39 is 11.7 Å². The Morgan fingerprint density at radius 3 is 2.47 bits per heavy atom. The van der Waals surface area contributed by atoms with Crippen LogP contribution in [-0.4, -0.2) is 6.04 Å². The molecule has 32 heavy (non-hydrogen) atoms. The van der Waals surface area contributed by atoms with E-state index in [9.17, 15) is 13.2 Å². The number of anilines is 1. The van der Waals surface area contributed by atoms with Gasteiger partial charge in [0.25, 0.3) is 0 Å². The van der Waals surface area contributed by atoms with Gasteiger partial charge in [0.2, 0.25) is 0 Å². The average Bonchev–Trinajstić information content (AvgIpc) is 2.80. The van der Waals surface area contributed by atoms with Crippen molar-refractivity contribution in [1.82, 2.24) is 0 Å². The molecule has 2 aromatic rings. The molecule has 4 atom stereocenters. The van der Waals surface area contributed by atoms with Crippen molar-refractivity contribution >= 4 is 5.69 Å². The van der Waals surface area contributed by atoms with E-state index in [4.69, 9.17) is 0 Å². The van der Waals surface area contributed by atoms with Crippen LogP contribution < -0.4 is 4.90 Å². The highest BCUT2D eigenvalue weighted by molar-refractivity contribution is 5.61. The largest absolute Gasteiger partial charge is 0.416 e. The third-order valence-corrected chi connectivity index (χ3v) is 7.13. The quantitative estimate of drug-likeness (QED) is 0.439. The number of unbranched alkanes of at least 4 members (excludes halogenated alkanes) is 1. The van der Waals surface area contributed by atoms with E-state index in [1.807, 2.05) is 18.2 Å². The van der Waals surface area contributed by atoms with Gasteiger partial charge in [0.15, 0.2) is 0 Å². The van der Waals surface area contributed by atoms with Gasteiger partial charge in [0, 0.05) is 24.2 Å². The second kappa shape index (κ2) is 9.56. The monoisotopic (exact) mass is 439 g/mol. The minimum Gasteiger partial charge on any atom is -0.363 e. The molecule has 1 aliphatic heterocycles. The van der Waals surface area contributed by atoms with Crippen LogP contribution in [0.3, 0.4) is 0 Å². The molecule has 0 saturated carbocycles. The molecule has 1 nitrogen and oxygen atoms in total. The third kappa shape index (κ3) is 4.65. The van der Waals surface area contributed by atoms with Crippen molar-refractivity contribution in [3.05, 3.63) is 89.5 Å². The molecule has 2 aliphatic rings. The summed E-state index contributed by atoms with van der Waals surface area (Å²) in [6.07, 6.45) is 8.57. The number of nitrogens with zero attached hydrogens (tertiary/aromatic N) is 1. The lowest BCUT2D eigenvalue weighted by atomic mass is 9.69. The number of hydrogen-bond donors (Lipinski definition) is 0. The fraction of sp³-hybridized carbons (Fsp3) is 0.429. The number of alkyl halides is 3. The van der Waals surface area contributed by atoms with E-state index in [0.29, 0.717) is 18.4 Å². The van der Waals surface area contributed by atoms with Crippen LogP contribution in [0.25, 0.3) is 0 Å². The molecule has 0 bridgehead atoms. The zero-order valence-corrected chi connectivity index (χ0v) is 18.9. The summed E-state index contributed by atoms with van der Waals surface area (Å²) in [6.45, 7) is 5.02. The Bertz CT molecular complexity index is 960. The Balaban J connectivity index is 1.83. The van der Waals surface area contributed by atoms with E-state index in [1.54, 1.807) is 6.07 Å². The second-order valence-electron chi connectivity index (χ2n) is 9.18. The van der Waals surface area contributed by atoms with Crippen molar-refractivity contribution in [3.63, 3.8) is 0 Å². The minimum absolute atomic E-state index is 0.0789. The zero-order chi connectivity index (χ0) is 22.7. The van der Waals surface area contributed by atoms with Gasteiger partial charge in [-0.1, -0.05) is 81.3 Å². The zero-order valence-electron chi connectivity index (χ0n) is 18.9. The van der Waals surface area contributed by atoms with Gasteiger partial charge in [-0.2, -0.15) is 13.2 Å². The highest BCUT2D eigenvalue weighted by Crippen LogP contribution is 2.49. The first-order valence-corrected chi connectivity index (χ1v) is 11.7. The van der Waals surface area contributed by atoms with Crippen LogP contribution in [0.5, 0.6) is 0 Å². The molecule has 0 radical (unpaired) electrons. The molecule has 1 heterocycles. The van der Waals surface area contributed by atoms with Crippen LogP contribution in [0.2, 0.25) is 0 Å². The Morgan fingerprint density at radius 2 is 1.81 bits per heavy atom. The molecule has 0 saturated heterocycles. The fourth-order valence-electron chi connectivity index (χ4n) is 5.51. The number of benzene rings is 2. The van der Waals surface area contributed by atoms with Crippen LogP contribution in [0, 0.1) is 11.8 Å². The van der Waals surface area contributed by atoms with Gasteiger partial charge in [-0.25, -0.2) is 0 Å². The molecule has 0 aromatic heterocycles. The lowest BCUT2D eigenvalue weighted by molar-refractivity contribution is -0.137.